The van der Waals surface area contributed by atoms with E-state index < -0.39 is 0 Å². The Balaban J connectivity index is 2.80. The monoisotopic (exact) mass is 187 g/mol. The van der Waals surface area contributed by atoms with Gasteiger partial charge in [0.05, 0.1) is 0 Å². The van der Waals surface area contributed by atoms with E-state index in [2.05, 4.69) is 5.92 Å². The topological polar surface area (TPSA) is 20.3 Å². The maximum absolute atomic E-state index is 11.5. The number of carbonyl (C=O) groups excluding carboxylic acids is 1. The molecule has 1 rings (SSSR count). The Morgan fingerprint density at radius 3 is 2.93 bits per heavy atom. The number of rotatable bonds is 2. The molecule has 2 nitrogen and oxygen atoms in total. The first kappa shape index (κ1) is 10.3. The third-order valence-electron chi connectivity index (χ3n) is 2.03. The fraction of sp³-hybridized carbons (Fsp3) is 0.250. The van der Waals surface area contributed by atoms with Crippen LogP contribution in [0.15, 0.2) is 36.1 Å². The fourth-order valence-electron chi connectivity index (χ4n) is 1.32. The van der Waals surface area contributed by atoms with E-state index in [1.807, 2.05) is 24.9 Å². The molecule has 0 fully saturated rings. The zero-order valence-electron chi connectivity index (χ0n) is 8.40. The van der Waals surface area contributed by atoms with Gasteiger partial charge in [-0.1, -0.05) is 18.1 Å². The second kappa shape index (κ2) is 4.48. The van der Waals surface area contributed by atoms with Crippen LogP contribution >= 0.6 is 0 Å². The lowest BCUT2D eigenvalue weighted by molar-refractivity contribution is -0.117. The molecule has 0 radical (unpaired) electrons. The minimum absolute atomic E-state index is 0.0681. The first-order chi connectivity index (χ1) is 6.69. The Labute approximate surface area is 84.6 Å². The highest BCUT2D eigenvalue weighted by atomic mass is 16.1. The van der Waals surface area contributed by atoms with Gasteiger partial charge in [0.1, 0.15) is 6.04 Å². The van der Waals surface area contributed by atoms with Crippen molar-refractivity contribution < 1.29 is 4.79 Å². The Morgan fingerprint density at radius 2 is 2.43 bits per heavy atom. The summed E-state index contributed by atoms with van der Waals surface area (Å²) in [7, 11) is 1.84. The number of nitrogens with zero attached hydrogens (tertiary/aromatic N) is 1. The van der Waals surface area contributed by atoms with Crippen molar-refractivity contribution in [3.8, 4) is 12.3 Å². The summed E-state index contributed by atoms with van der Waals surface area (Å²) in [5.41, 5.74) is 0.789. The van der Waals surface area contributed by atoms with Gasteiger partial charge in [0.25, 0.3) is 0 Å². The van der Waals surface area contributed by atoms with Crippen LogP contribution in [0.2, 0.25) is 0 Å². The molecule has 0 aromatic heterocycles. The van der Waals surface area contributed by atoms with Crippen molar-refractivity contribution in [2.75, 3.05) is 7.05 Å². The fourth-order valence-corrected chi connectivity index (χ4v) is 1.32. The third-order valence-corrected chi connectivity index (χ3v) is 2.03. The Hall–Kier alpha value is -1.75. The van der Waals surface area contributed by atoms with Crippen LogP contribution in [-0.2, 0) is 4.79 Å². The molecule has 0 saturated carbocycles. The van der Waals surface area contributed by atoms with E-state index in [0.29, 0.717) is 0 Å². The van der Waals surface area contributed by atoms with Crippen molar-refractivity contribution in [3.05, 3.63) is 36.1 Å². The largest absolute Gasteiger partial charge is 0.366 e. The second-order valence-electron chi connectivity index (χ2n) is 3.10. The number of hydrogen-bond acceptors (Lipinski definition) is 2. The van der Waals surface area contributed by atoms with Gasteiger partial charge in [-0.2, -0.15) is 0 Å². The van der Waals surface area contributed by atoms with E-state index in [-0.39, 0.29) is 11.8 Å². The smallest absolute Gasteiger partial charge is 0.181 e. The molecule has 1 aliphatic rings. The predicted molar refractivity (Wildman–Crippen MR) is 57.4 cm³/mol. The minimum atomic E-state index is -0.219. The summed E-state index contributed by atoms with van der Waals surface area (Å²) in [6, 6.07) is -0.219. The number of ketones is 1. The van der Waals surface area contributed by atoms with E-state index in [1.54, 1.807) is 24.4 Å². The van der Waals surface area contributed by atoms with Gasteiger partial charge in [-0.05, 0) is 19.1 Å². The maximum atomic E-state index is 11.5. The molecular weight excluding hydrogens is 174 g/mol. The summed E-state index contributed by atoms with van der Waals surface area (Å²) < 4.78 is 0. The first-order valence-corrected chi connectivity index (χ1v) is 4.44. The standard InChI is InChI=1S/C12H13NO/c1-4-6-12(14)11-8-7-10(5-2)9-13(11)3/h2,4,6-9,11H,1,3H3/b6-4+. The highest BCUT2D eigenvalue weighted by Gasteiger charge is 2.18. The van der Waals surface area contributed by atoms with Crippen molar-refractivity contribution >= 4 is 5.78 Å². The molecular formula is C12H13NO. The molecule has 1 unspecified atom stereocenters. The predicted octanol–water partition coefficient (Wildman–Crippen LogP) is 1.52. The van der Waals surface area contributed by atoms with E-state index in [1.165, 1.54) is 0 Å². The highest BCUT2D eigenvalue weighted by molar-refractivity contribution is 5.96. The van der Waals surface area contributed by atoms with Gasteiger partial charge < -0.3 is 4.90 Å². The molecule has 0 amide bonds. The summed E-state index contributed by atoms with van der Waals surface area (Å²) in [6.07, 6.45) is 14.0. The number of hydrogen-bond donors (Lipinski definition) is 0. The van der Waals surface area contributed by atoms with Crippen LogP contribution in [0, 0.1) is 12.3 Å². The van der Waals surface area contributed by atoms with Crippen LogP contribution in [0.1, 0.15) is 6.92 Å². The summed E-state index contributed by atoms with van der Waals surface area (Å²) in [5, 5.41) is 0. The Kier molecular flexibility index (Phi) is 3.30. The molecule has 1 aliphatic heterocycles. The van der Waals surface area contributed by atoms with Crippen molar-refractivity contribution in [2.45, 2.75) is 13.0 Å². The molecule has 72 valence electrons. The van der Waals surface area contributed by atoms with Crippen LogP contribution < -0.4 is 0 Å². The number of likely N-dealkylation sites (N-methyl/N-ethyl adjacent to an activating group) is 1. The first-order valence-electron chi connectivity index (χ1n) is 4.44. The molecule has 1 atom stereocenters. The molecule has 14 heavy (non-hydrogen) atoms. The lowest BCUT2D eigenvalue weighted by atomic mass is 10.1. The van der Waals surface area contributed by atoms with Crippen molar-refractivity contribution in [1.29, 1.82) is 0 Å². The highest BCUT2D eigenvalue weighted by Crippen LogP contribution is 2.12. The molecule has 0 bridgehead atoms. The van der Waals surface area contributed by atoms with E-state index in [0.717, 1.165) is 5.57 Å². The normalized spacial score (nSPS) is 20.8. The lowest BCUT2D eigenvalue weighted by Gasteiger charge is -2.24. The van der Waals surface area contributed by atoms with E-state index >= 15 is 0 Å². The van der Waals surface area contributed by atoms with Crippen LogP contribution in [0.4, 0.5) is 0 Å². The zero-order chi connectivity index (χ0) is 10.6. The van der Waals surface area contributed by atoms with Gasteiger partial charge in [-0.15, -0.1) is 6.42 Å². The van der Waals surface area contributed by atoms with E-state index in [4.69, 9.17) is 6.42 Å². The third kappa shape index (κ3) is 2.14. The molecule has 2 heteroatoms. The molecule has 0 aliphatic carbocycles. The maximum Gasteiger partial charge on any atom is 0.181 e. The quantitative estimate of drug-likeness (QED) is 0.482. The van der Waals surface area contributed by atoms with Crippen LogP contribution in [-0.4, -0.2) is 23.8 Å². The van der Waals surface area contributed by atoms with Gasteiger partial charge in [-0.3, -0.25) is 4.79 Å². The summed E-state index contributed by atoms with van der Waals surface area (Å²) in [4.78, 5) is 13.4. The van der Waals surface area contributed by atoms with Gasteiger partial charge in [-0.25, -0.2) is 0 Å². The van der Waals surface area contributed by atoms with E-state index in [9.17, 15) is 4.79 Å². The van der Waals surface area contributed by atoms with Crippen molar-refractivity contribution in [1.82, 2.24) is 4.90 Å². The number of carbonyl (C=O) groups is 1. The molecule has 0 aromatic carbocycles. The van der Waals surface area contributed by atoms with Crippen LogP contribution in [0.3, 0.4) is 0 Å². The van der Waals surface area contributed by atoms with Crippen LogP contribution in [0.5, 0.6) is 0 Å². The second-order valence-corrected chi connectivity index (χ2v) is 3.10. The molecule has 0 saturated heterocycles. The summed E-state index contributed by atoms with van der Waals surface area (Å²) in [5.74, 6) is 2.60. The van der Waals surface area contributed by atoms with Crippen molar-refractivity contribution in [3.63, 3.8) is 0 Å². The van der Waals surface area contributed by atoms with Gasteiger partial charge in [0, 0.05) is 18.8 Å². The van der Waals surface area contributed by atoms with Gasteiger partial charge >= 0.3 is 0 Å². The molecule has 0 spiro atoms. The molecule has 0 N–H and O–H groups in total. The van der Waals surface area contributed by atoms with Crippen LogP contribution in [0.25, 0.3) is 0 Å². The molecule has 0 aromatic rings. The summed E-state index contributed by atoms with van der Waals surface area (Å²) >= 11 is 0. The number of terminal acetylenes is 1. The average Bonchev–Trinajstić information content (AvgIpc) is 2.17. The Bertz CT molecular complexity index is 355. The summed E-state index contributed by atoms with van der Waals surface area (Å²) in [6.45, 7) is 1.83. The van der Waals surface area contributed by atoms with Gasteiger partial charge in [0.2, 0.25) is 0 Å². The zero-order valence-corrected chi connectivity index (χ0v) is 8.40. The molecule has 1 heterocycles. The minimum Gasteiger partial charge on any atom is -0.366 e. The average molecular weight is 187 g/mol. The van der Waals surface area contributed by atoms with Gasteiger partial charge in [0.15, 0.2) is 5.78 Å². The Morgan fingerprint density at radius 1 is 1.71 bits per heavy atom. The number of allylic oxidation sites excluding steroid dienone is 3. The van der Waals surface area contributed by atoms with Crippen molar-refractivity contribution in [2.24, 2.45) is 0 Å². The SMILES string of the molecule is C#CC1=CN(C)C(C(=O)/C=C/C)C=C1. The lowest BCUT2D eigenvalue weighted by Crippen LogP contribution is -2.34.